The number of carbonyl (C=O) groups is 10. The van der Waals surface area contributed by atoms with Crippen molar-refractivity contribution in [3.05, 3.63) is 134 Å². The number of aliphatic carboxylic acids is 3. The van der Waals surface area contributed by atoms with Gasteiger partial charge in [0.2, 0.25) is 0 Å². The van der Waals surface area contributed by atoms with Crippen LogP contribution in [0.25, 0.3) is 12.2 Å². The van der Waals surface area contributed by atoms with Gasteiger partial charge in [-0.15, -0.1) is 13.2 Å². The van der Waals surface area contributed by atoms with Crippen LogP contribution in [0.2, 0.25) is 0 Å². The summed E-state index contributed by atoms with van der Waals surface area (Å²) in [6, 6.07) is 20.6. The van der Waals surface area contributed by atoms with Gasteiger partial charge in [-0.05, 0) is 296 Å². The summed E-state index contributed by atoms with van der Waals surface area (Å²) in [5.41, 5.74) is -0.478. The second kappa shape index (κ2) is 58.9. The molecule has 8 rings (SSSR count). The van der Waals surface area contributed by atoms with E-state index in [4.69, 9.17) is 72.5 Å². The normalized spacial score (nSPS) is 16.4. The molecule has 3 aromatic rings. The number of ether oxygens (including phenoxy) is 7. The number of halogens is 3. The quantitative estimate of drug-likeness (QED) is 0.0152. The summed E-state index contributed by atoms with van der Waals surface area (Å²) in [4.78, 5) is 114. The minimum atomic E-state index is -1.11. The number of rotatable bonds is 22. The van der Waals surface area contributed by atoms with Gasteiger partial charge < -0.3 is 84.2 Å². The van der Waals surface area contributed by atoms with Crippen LogP contribution in [0.15, 0.2) is 119 Å². The molecule has 4 saturated carbocycles. The van der Waals surface area contributed by atoms with Crippen LogP contribution in [0.4, 0.5) is 19.2 Å². The molecule has 0 spiro atoms. The van der Waals surface area contributed by atoms with Gasteiger partial charge in [-0.3, -0.25) is 9.59 Å². The van der Waals surface area contributed by atoms with Crippen LogP contribution in [-0.4, -0.2) is 170 Å². The Kier molecular flexibility index (Phi) is 56.4. The molecule has 3 aromatic carbocycles. The zero-order valence-electron chi connectivity index (χ0n) is 73.1. The van der Waals surface area contributed by atoms with Gasteiger partial charge >= 0.3 is 55.4 Å². The Balaban J connectivity index is 0. The molecule has 0 unspecified atom stereocenters. The number of hydrogen-bond acceptors (Lipinski definition) is 20. The van der Waals surface area contributed by atoms with E-state index in [1.807, 2.05) is 113 Å². The monoisotopic (exact) mass is 2030 g/mol. The molecular weight excluding hydrogens is 1900 g/mol. The molecule has 27 nitrogen and oxygen atoms in total. The van der Waals surface area contributed by atoms with Crippen molar-refractivity contribution < 1.29 is 131 Å². The molecule has 1 heterocycles. The standard InChI is InChI=1S/C27H40BNO6.C21H28BrNO4.C15H25NO4.C10H17NO4.C6H4BrI.C5H10O.2C2H4O2.CH4.Pd/c1-25(2,3)33-24(31)29-22(23(30)32-21-15-8-9-16-21)17-11-13-19-12-10-14-20(18-19)28-34-26(4,5)27(6,7)35-28;1-21(2,3)27-20(25)23-18(19(24)26-17-11-4-5-12-17)13-7-9-15-8-6-10-16(22)14-15;1-5-8-12(16-14(18)20-15(2,3)4)13(17)19-11-9-6-7-10-11;1-5-6-7(8(12)13)11-9(14)15-10(2,3)4;7-5-2-1-3-6(8)4-5;6-5-3-1-2-4-5;2*1-2(3)4;;/h10-14,18,21-22H,8-9,15-17H2,1-7H3,(H,29,31);6-10,14,17-18H,4-5,11-13H2,1-3H3,(H,23,25);5,11-12H,1,6-10H2,2-4H3,(H,16,18);5,7H,1,6H2,2-4H3,(H,11,14)(H,12,13);1-4H;5-6H,1-4H2;2*1H3,(H,3,4);1H4;/b13-11+;9-7+;;;;;;;;/t22-;18-;12-;7-;;;;;;/m0000....../s1. The molecule has 5 aliphatic rings. The van der Waals surface area contributed by atoms with Gasteiger partial charge in [0.05, 0.1) is 17.3 Å². The Morgan fingerprint density at radius 2 is 0.760 bits per heavy atom. The van der Waals surface area contributed by atoms with E-state index >= 15 is 0 Å². The SMILES string of the molecule is Brc1cccc(I)c1.C.C=CC[C@H](NC(=O)OC(C)(C)C)C(=O)O.C=CC[C@H](NC(=O)OC(C)(C)C)C(=O)OC1CCCC1.CC(=O)O.CC(=O)O.CC(C)(C)OC(=O)N[C@@H](C/C=C/c1cccc(B2OC(C)(C)C(C)(C)O2)c1)C(=O)OC1CCCC1.CC(C)(C)OC(=O)N[C@@H](C/C=C/c1cccc(Br)c1)C(=O)OC1CCCC1.OC1CCCC1.[Pd]. The van der Waals surface area contributed by atoms with Crippen LogP contribution in [0, 0.1) is 3.57 Å². The van der Waals surface area contributed by atoms with Crippen LogP contribution in [0.1, 0.15) is 272 Å². The number of benzene rings is 3. The number of carboxylic acids is 3. The molecular formula is C89H136BBr2IN4O23Pd. The third kappa shape index (κ3) is 57.1. The predicted molar refractivity (Wildman–Crippen MR) is 483 cm³/mol. The molecule has 121 heavy (non-hydrogen) atoms. The van der Waals surface area contributed by atoms with E-state index in [0.29, 0.717) is 12.8 Å². The first-order valence-electron chi connectivity index (χ1n) is 40.3. The van der Waals surface area contributed by atoms with Gasteiger partial charge in [-0.25, -0.2) is 38.4 Å². The fourth-order valence-corrected chi connectivity index (χ4v) is 13.0. The Morgan fingerprint density at radius 1 is 0.479 bits per heavy atom. The molecule has 32 heteroatoms. The van der Waals surface area contributed by atoms with Crippen LogP contribution in [-0.2, 0) is 91.7 Å². The molecule has 0 bridgehead atoms. The summed E-state index contributed by atoms with van der Waals surface area (Å²) >= 11 is 9.07. The van der Waals surface area contributed by atoms with E-state index in [9.17, 15) is 38.4 Å². The van der Waals surface area contributed by atoms with Gasteiger partial charge in [0, 0.05) is 46.8 Å². The molecule has 1 aliphatic heterocycles. The van der Waals surface area contributed by atoms with Gasteiger partial charge in [0.1, 0.15) is 64.9 Å². The smallest absolute Gasteiger partial charge is 0.481 e. The molecule has 0 radical (unpaired) electrons. The van der Waals surface area contributed by atoms with Crippen LogP contribution >= 0.6 is 54.5 Å². The Morgan fingerprint density at radius 3 is 1.03 bits per heavy atom. The zero-order chi connectivity index (χ0) is 90.5. The maximum Gasteiger partial charge on any atom is 0.494 e. The summed E-state index contributed by atoms with van der Waals surface area (Å²) in [7, 11) is -0.448. The molecule has 4 aliphatic carbocycles. The van der Waals surface area contributed by atoms with Crippen LogP contribution < -0.4 is 26.7 Å². The molecule has 8 N–H and O–H groups in total. The maximum atomic E-state index is 12.8. The van der Waals surface area contributed by atoms with Crippen molar-refractivity contribution in [2.45, 2.75) is 343 Å². The van der Waals surface area contributed by atoms with E-state index in [2.05, 4.69) is 101 Å². The number of alkyl carbamates (subject to hydrolysis) is 4. The molecule has 5 fully saturated rings. The number of carbonyl (C=O) groups excluding carboxylic acids is 7. The molecule has 684 valence electrons. The molecule has 1 saturated heterocycles. The minimum absolute atomic E-state index is 0. The summed E-state index contributed by atoms with van der Waals surface area (Å²) < 4.78 is 53.0. The van der Waals surface area contributed by atoms with Crippen LogP contribution in [0.3, 0.4) is 0 Å². The third-order valence-corrected chi connectivity index (χ3v) is 18.9. The van der Waals surface area contributed by atoms with Crippen LogP contribution in [0.5, 0.6) is 0 Å². The van der Waals surface area contributed by atoms with Gasteiger partial charge in [0.25, 0.3) is 11.9 Å². The Labute approximate surface area is 762 Å². The number of aliphatic hydroxyl groups excluding tert-OH is 1. The van der Waals surface area contributed by atoms with Crippen molar-refractivity contribution in [3.63, 3.8) is 0 Å². The Bertz CT molecular complexity index is 3670. The maximum absolute atomic E-state index is 12.8. The second-order valence-corrected chi connectivity index (χ2v) is 36.8. The number of carboxylic acid groups (broad SMARTS) is 3. The predicted octanol–water partition coefficient (Wildman–Crippen LogP) is 19.3. The van der Waals surface area contributed by atoms with E-state index in [1.54, 1.807) is 89.2 Å². The summed E-state index contributed by atoms with van der Waals surface area (Å²) in [5.74, 6) is -4.03. The van der Waals surface area contributed by atoms with Crippen molar-refractivity contribution in [1.29, 1.82) is 0 Å². The zero-order valence-corrected chi connectivity index (χ0v) is 80.0. The van der Waals surface area contributed by atoms with Crippen molar-refractivity contribution in [2.75, 3.05) is 0 Å². The molecule has 4 atom stereocenters. The van der Waals surface area contributed by atoms with Gasteiger partial charge in [-0.2, -0.15) is 0 Å². The van der Waals surface area contributed by atoms with E-state index < -0.39 is 125 Å². The molecule has 0 aromatic heterocycles. The average molecular weight is 2030 g/mol. The van der Waals surface area contributed by atoms with Crippen molar-refractivity contribution in [1.82, 2.24) is 21.3 Å². The largest absolute Gasteiger partial charge is 0.494 e. The van der Waals surface area contributed by atoms with Gasteiger partial charge in [0.15, 0.2) is 0 Å². The van der Waals surface area contributed by atoms with E-state index in [-0.39, 0.29) is 65.1 Å². The van der Waals surface area contributed by atoms with Crippen molar-refractivity contribution >= 4 is 139 Å². The minimum Gasteiger partial charge on any atom is -0.481 e. The second-order valence-electron chi connectivity index (χ2n) is 33.7. The van der Waals surface area contributed by atoms with E-state index in [0.717, 1.165) is 129 Å². The third-order valence-electron chi connectivity index (χ3n) is 17.2. The number of aliphatic hydroxyl groups is 1. The summed E-state index contributed by atoms with van der Waals surface area (Å²) in [5, 5.41) is 42.4. The number of esters is 3. The van der Waals surface area contributed by atoms with E-state index in [1.165, 1.54) is 22.5 Å². The first-order valence-corrected chi connectivity index (χ1v) is 42.9. The van der Waals surface area contributed by atoms with Crippen molar-refractivity contribution in [2.24, 2.45) is 0 Å². The first-order chi connectivity index (χ1) is 55.2. The number of amides is 4. The summed E-state index contributed by atoms with van der Waals surface area (Å²) in [6.45, 7) is 38.4. The topological polar surface area (TPSA) is 383 Å². The summed E-state index contributed by atoms with van der Waals surface area (Å²) in [6.07, 6.45) is 25.3. The number of hydrogen-bond donors (Lipinski definition) is 8. The van der Waals surface area contributed by atoms with Gasteiger partial charge in [-0.1, -0.05) is 131 Å². The Hall–Kier alpha value is -7.18. The fraction of sp³-hybridized carbons (Fsp3) is 0.596. The average Bonchev–Trinajstić information content (AvgIpc) is 1.62. The molecule has 4 amide bonds. The number of nitrogens with one attached hydrogen (secondary N) is 4. The van der Waals surface area contributed by atoms with Crippen molar-refractivity contribution in [3.8, 4) is 0 Å². The first kappa shape index (κ1) is 116. The fourth-order valence-electron chi connectivity index (χ4n) is 11.2.